The summed E-state index contributed by atoms with van der Waals surface area (Å²) < 4.78 is 0. The Bertz CT molecular complexity index is 1080. The normalized spacial score (nSPS) is 11.3. The molecule has 6 nitrogen and oxygen atoms in total. The molecule has 3 aromatic rings. The smallest absolute Gasteiger partial charge is 0.267 e. The van der Waals surface area contributed by atoms with Gasteiger partial charge in [0.05, 0.1) is 12.1 Å². The highest BCUT2D eigenvalue weighted by Crippen LogP contribution is 2.23. The molecule has 0 unspecified atom stereocenters. The van der Waals surface area contributed by atoms with E-state index >= 15 is 0 Å². The second-order valence-electron chi connectivity index (χ2n) is 6.42. The maximum Gasteiger partial charge on any atom is 0.267 e. The largest absolute Gasteiger partial charge is 0.395 e. The minimum Gasteiger partial charge on any atom is -0.395 e. The molecule has 0 spiro atoms. The third kappa shape index (κ3) is 5.19. The van der Waals surface area contributed by atoms with Crippen LogP contribution in [0.25, 0.3) is 17.0 Å². The number of rotatable bonds is 6. The van der Waals surface area contributed by atoms with Crippen LogP contribution in [0.4, 0.5) is 0 Å². The molecule has 3 rings (SSSR count). The molecule has 0 fully saturated rings. The van der Waals surface area contributed by atoms with Gasteiger partial charge in [-0.2, -0.15) is 0 Å². The molecule has 29 heavy (non-hydrogen) atoms. The average Bonchev–Trinajstić information content (AvgIpc) is 2.72. The number of halogens is 1. The zero-order valence-corrected chi connectivity index (χ0v) is 16.5. The molecule has 3 N–H and O–H groups in total. The molecule has 1 aromatic heterocycles. The number of hydrogen-bond donors (Lipinski definition) is 3. The maximum absolute atomic E-state index is 12.5. The van der Waals surface area contributed by atoms with Crippen molar-refractivity contribution in [3.05, 3.63) is 82.1 Å². The van der Waals surface area contributed by atoms with Crippen LogP contribution >= 0.6 is 11.6 Å². The molecule has 0 bridgehead atoms. The van der Waals surface area contributed by atoms with Gasteiger partial charge in [0.15, 0.2) is 0 Å². The van der Waals surface area contributed by atoms with Crippen molar-refractivity contribution >= 4 is 40.4 Å². The Morgan fingerprint density at radius 3 is 2.62 bits per heavy atom. The van der Waals surface area contributed by atoms with Crippen molar-refractivity contribution in [2.24, 2.45) is 0 Å². The number of aliphatic hydroxyl groups excluding tert-OH is 1. The van der Waals surface area contributed by atoms with Gasteiger partial charge >= 0.3 is 0 Å². The highest BCUT2D eigenvalue weighted by atomic mass is 35.5. The summed E-state index contributed by atoms with van der Waals surface area (Å²) in [5, 5.41) is 15.2. The van der Waals surface area contributed by atoms with E-state index in [-0.39, 0.29) is 24.0 Å². The van der Waals surface area contributed by atoms with Gasteiger partial charge in [-0.1, -0.05) is 41.9 Å². The van der Waals surface area contributed by atoms with E-state index in [1.165, 1.54) is 6.08 Å². The van der Waals surface area contributed by atoms with Crippen molar-refractivity contribution in [2.75, 3.05) is 13.2 Å². The number of fused-ring (bicyclic) bond motifs is 1. The van der Waals surface area contributed by atoms with Crippen molar-refractivity contribution in [3.63, 3.8) is 0 Å². The van der Waals surface area contributed by atoms with Gasteiger partial charge in [-0.15, -0.1) is 0 Å². The van der Waals surface area contributed by atoms with E-state index in [9.17, 15) is 9.59 Å². The number of carbonyl (C=O) groups excluding carboxylic acids is 2. The lowest BCUT2D eigenvalue weighted by molar-refractivity contribution is -0.117. The van der Waals surface area contributed by atoms with Crippen LogP contribution in [0.1, 0.15) is 21.5 Å². The number of pyridine rings is 1. The number of nitrogens with one attached hydrogen (secondary N) is 2. The van der Waals surface area contributed by atoms with Gasteiger partial charge in [-0.25, -0.2) is 4.98 Å². The van der Waals surface area contributed by atoms with E-state index < -0.39 is 11.8 Å². The molecule has 1 heterocycles. The SMILES string of the molecule is Cc1ccc2cc(/C=C(\NC(=O)c3ccccc3)C(=O)NCCO)c(Cl)nc2c1. The summed E-state index contributed by atoms with van der Waals surface area (Å²) in [6, 6.07) is 16.1. The second kappa shape index (κ2) is 9.32. The Balaban J connectivity index is 1.98. The molecular formula is C22H20ClN3O3. The van der Waals surface area contributed by atoms with Crippen molar-refractivity contribution in [3.8, 4) is 0 Å². The molecule has 7 heteroatoms. The minimum atomic E-state index is -0.539. The number of nitrogens with zero attached hydrogens (tertiary/aromatic N) is 1. The summed E-state index contributed by atoms with van der Waals surface area (Å²) in [7, 11) is 0. The fourth-order valence-corrected chi connectivity index (χ4v) is 2.93. The van der Waals surface area contributed by atoms with E-state index in [4.69, 9.17) is 16.7 Å². The molecule has 0 atom stereocenters. The topological polar surface area (TPSA) is 91.3 Å². The third-order valence-electron chi connectivity index (χ3n) is 4.18. The summed E-state index contributed by atoms with van der Waals surface area (Å²) in [5.41, 5.74) is 2.70. The number of carbonyl (C=O) groups is 2. The van der Waals surface area contributed by atoms with Crippen LogP contribution in [0.5, 0.6) is 0 Å². The Morgan fingerprint density at radius 1 is 1.14 bits per heavy atom. The average molecular weight is 410 g/mol. The first kappa shape index (κ1) is 20.5. The van der Waals surface area contributed by atoms with Crippen molar-refractivity contribution in [2.45, 2.75) is 6.92 Å². The van der Waals surface area contributed by atoms with Crippen LogP contribution < -0.4 is 10.6 Å². The molecule has 0 aliphatic carbocycles. The van der Waals surface area contributed by atoms with E-state index in [0.29, 0.717) is 11.1 Å². The van der Waals surface area contributed by atoms with E-state index in [2.05, 4.69) is 15.6 Å². The second-order valence-corrected chi connectivity index (χ2v) is 6.78. The van der Waals surface area contributed by atoms with Gasteiger partial charge in [0.25, 0.3) is 11.8 Å². The molecule has 148 valence electrons. The summed E-state index contributed by atoms with van der Waals surface area (Å²) in [6.07, 6.45) is 1.47. The van der Waals surface area contributed by atoms with Crippen LogP contribution in [0, 0.1) is 6.92 Å². The zero-order valence-electron chi connectivity index (χ0n) is 15.8. The van der Waals surface area contributed by atoms with Crippen LogP contribution in [-0.2, 0) is 4.79 Å². The van der Waals surface area contributed by atoms with Crippen LogP contribution in [0.2, 0.25) is 5.15 Å². The number of amides is 2. The molecule has 2 amide bonds. The number of hydrogen-bond acceptors (Lipinski definition) is 4. The lowest BCUT2D eigenvalue weighted by Crippen LogP contribution is -2.36. The van der Waals surface area contributed by atoms with Crippen molar-refractivity contribution < 1.29 is 14.7 Å². The summed E-state index contributed by atoms with van der Waals surface area (Å²) >= 11 is 6.32. The Morgan fingerprint density at radius 2 is 1.90 bits per heavy atom. The third-order valence-corrected chi connectivity index (χ3v) is 4.48. The van der Waals surface area contributed by atoms with Gasteiger partial charge in [0.1, 0.15) is 10.9 Å². The predicted octanol–water partition coefficient (Wildman–Crippen LogP) is 3.08. The van der Waals surface area contributed by atoms with Gasteiger partial charge < -0.3 is 15.7 Å². The van der Waals surface area contributed by atoms with Crippen LogP contribution in [0.15, 0.2) is 60.3 Å². The summed E-state index contributed by atoms with van der Waals surface area (Å²) in [4.78, 5) is 29.4. The number of aliphatic hydroxyl groups is 1. The van der Waals surface area contributed by atoms with Gasteiger partial charge in [-0.3, -0.25) is 9.59 Å². The van der Waals surface area contributed by atoms with E-state index in [1.54, 1.807) is 36.4 Å². The van der Waals surface area contributed by atoms with Crippen molar-refractivity contribution in [1.29, 1.82) is 0 Å². The zero-order chi connectivity index (χ0) is 20.8. The quantitative estimate of drug-likeness (QED) is 0.431. The minimum absolute atomic E-state index is 0.00228. The molecule has 0 saturated carbocycles. The number of aryl methyl sites for hydroxylation is 1. The lowest BCUT2D eigenvalue weighted by atomic mass is 10.1. The molecule has 0 aliphatic rings. The Kier molecular flexibility index (Phi) is 6.59. The van der Waals surface area contributed by atoms with Gasteiger partial charge in [0, 0.05) is 23.1 Å². The molecule has 0 radical (unpaired) electrons. The Hall–Kier alpha value is -3.22. The molecule has 0 aliphatic heterocycles. The first-order valence-corrected chi connectivity index (χ1v) is 9.40. The molecule has 0 saturated heterocycles. The maximum atomic E-state index is 12.5. The van der Waals surface area contributed by atoms with Crippen LogP contribution in [0.3, 0.4) is 0 Å². The highest BCUT2D eigenvalue weighted by Gasteiger charge is 2.15. The monoisotopic (exact) mass is 409 g/mol. The fraction of sp³-hybridized carbons (Fsp3) is 0.136. The highest BCUT2D eigenvalue weighted by molar-refractivity contribution is 6.31. The molecular weight excluding hydrogens is 390 g/mol. The molecule has 2 aromatic carbocycles. The van der Waals surface area contributed by atoms with Gasteiger partial charge in [-0.05, 0) is 42.8 Å². The summed E-state index contributed by atoms with van der Waals surface area (Å²) in [6.45, 7) is 1.80. The standard InChI is InChI=1S/C22H20ClN3O3/c1-14-7-8-16-12-17(20(23)25-18(16)11-14)13-19(22(29)24-9-10-27)26-21(28)15-5-3-2-4-6-15/h2-8,11-13,27H,9-10H2,1H3,(H,24,29)(H,26,28)/b19-13-. The van der Waals surface area contributed by atoms with Crippen LogP contribution in [-0.4, -0.2) is 35.1 Å². The fourth-order valence-electron chi connectivity index (χ4n) is 2.73. The number of aromatic nitrogens is 1. The van der Waals surface area contributed by atoms with Crippen molar-refractivity contribution in [1.82, 2.24) is 15.6 Å². The lowest BCUT2D eigenvalue weighted by Gasteiger charge is -2.11. The summed E-state index contributed by atoms with van der Waals surface area (Å²) in [5.74, 6) is -0.972. The van der Waals surface area contributed by atoms with E-state index in [0.717, 1.165) is 16.5 Å². The first-order chi connectivity index (χ1) is 14.0. The Labute approximate surface area is 173 Å². The van der Waals surface area contributed by atoms with Gasteiger partial charge in [0.2, 0.25) is 0 Å². The first-order valence-electron chi connectivity index (χ1n) is 9.02. The van der Waals surface area contributed by atoms with E-state index in [1.807, 2.05) is 25.1 Å². The predicted molar refractivity (Wildman–Crippen MR) is 113 cm³/mol. The number of benzene rings is 2.